The fourth-order valence-electron chi connectivity index (χ4n) is 1.69. The Balaban J connectivity index is 2.94. The van der Waals surface area contributed by atoms with Crippen molar-refractivity contribution in [3.63, 3.8) is 0 Å². The largest absolute Gasteiger partial charge is 0.467 e. The molecule has 0 aliphatic heterocycles. The van der Waals surface area contributed by atoms with E-state index >= 15 is 0 Å². The molecular formula is C13H16FNO3. The van der Waals surface area contributed by atoms with Crippen LogP contribution in [0.25, 0.3) is 0 Å². The van der Waals surface area contributed by atoms with Crippen molar-refractivity contribution in [2.45, 2.75) is 25.8 Å². The lowest BCUT2D eigenvalue weighted by Crippen LogP contribution is -2.43. The highest BCUT2D eigenvalue weighted by atomic mass is 19.1. The van der Waals surface area contributed by atoms with Gasteiger partial charge in [0.05, 0.1) is 7.11 Å². The summed E-state index contributed by atoms with van der Waals surface area (Å²) in [7, 11) is 1.26. The van der Waals surface area contributed by atoms with E-state index in [1.54, 1.807) is 19.1 Å². The summed E-state index contributed by atoms with van der Waals surface area (Å²) >= 11 is 0. The Morgan fingerprint density at radius 3 is 2.28 bits per heavy atom. The highest BCUT2D eigenvalue weighted by Gasteiger charge is 2.27. The first kappa shape index (κ1) is 14.2. The molecular weight excluding hydrogens is 237 g/mol. The van der Waals surface area contributed by atoms with Gasteiger partial charge in [-0.25, -0.2) is 9.18 Å². The van der Waals surface area contributed by atoms with Crippen LogP contribution in [0.3, 0.4) is 0 Å². The number of carbonyl (C=O) groups excluding carboxylic acids is 2. The van der Waals surface area contributed by atoms with E-state index in [1.807, 2.05) is 0 Å². The van der Waals surface area contributed by atoms with Crippen molar-refractivity contribution in [1.82, 2.24) is 5.32 Å². The molecule has 0 heterocycles. The zero-order valence-corrected chi connectivity index (χ0v) is 10.6. The molecule has 18 heavy (non-hydrogen) atoms. The second-order valence-electron chi connectivity index (χ2n) is 4.04. The van der Waals surface area contributed by atoms with Gasteiger partial charge >= 0.3 is 5.97 Å². The van der Waals surface area contributed by atoms with Gasteiger partial charge in [0.25, 0.3) is 0 Å². The first-order valence-corrected chi connectivity index (χ1v) is 5.56. The van der Waals surface area contributed by atoms with E-state index in [9.17, 15) is 14.0 Å². The first-order chi connectivity index (χ1) is 8.45. The molecule has 1 aromatic carbocycles. The maximum absolute atomic E-state index is 12.8. The Morgan fingerprint density at radius 2 is 1.83 bits per heavy atom. The monoisotopic (exact) mass is 253 g/mol. The predicted octanol–water partition coefficient (Wildman–Crippen LogP) is 1.61. The summed E-state index contributed by atoms with van der Waals surface area (Å²) in [4.78, 5) is 22.7. The molecule has 2 atom stereocenters. The van der Waals surface area contributed by atoms with Gasteiger partial charge in [-0.3, -0.25) is 4.79 Å². The van der Waals surface area contributed by atoms with Crippen LogP contribution in [0.5, 0.6) is 0 Å². The van der Waals surface area contributed by atoms with Crippen LogP contribution in [-0.4, -0.2) is 25.0 Å². The van der Waals surface area contributed by atoms with E-state index in [0.29, 0.717) is 0 Å². The van der Waals surface area contributed by atoms with Gasteiger partial charge < -0.3 is 10.1 Å². The molecule has 0 aliphatic carbocycles. The summed E-state index contributed by atoms with van der Waals surface area (Å²) in [5, 5.41) is 2.54. The molecule has 5 heteroatoms. The van der Waals surface area contributed by atoms with Crippen molar-refractivity contribution in [1.29, 1.82) is 0 Å². The topological polar surface area (TPSA) is 55.4 Å². The minimum absolute atomic E-state index is 0.304. The summed E-state index contributed by atoms with van der Waals surface area (Å²) < 4.78 is 17.5. The van der Waals surface area contributed by atoms with Crippen LogP contribution in [0.1, 0.15) is 25.3 Å². The van der Waals surface area contributed by atoms with Crippen LogP contribution >= 0.6 is 0 Å². The smallest absolute Gasteiger partial charge is 0.328 e. The lowest BCUT2D eigenvalue weighted by Gasteiger charge is -2.22. The molecule has 0 fully saturated rings. The third-order valence-corrected chi connectivity index (χ3v) is 2.71. The first-order valence-electron chi connectivity index (χ1n) is 5.56. The van der Waals surface area contributed by atoms with Crippen molar-refractivity contribution in [3.8, 4) is 0 Å². The summed E-state index contributed by atoms with van der Waals surface area (Å²) in [6.45, 7) is 3.10. The minimum Gasteiger partial charge on any atom is -0.467 e. The quantitative estimate of drug-likeness (QED) is 0.829. The Labute approximate surface area is 105 Å². The highest BCUT2D eigenvalue weighted by Crippen LogP contribution is 2.20. The maximum Gasteiger partial charge on any atom is 0.328 e. The predicted molar refractivity (Wildman–Crippen MR) is 64.4 cm³/mol. The maximum atomic E-state index is 12.8. The van der Waals surface area contributed by atoms with Crippen LogP contribution in [0.2, 0.25) is 0 Å². The molecule has 0 radical (unpaired) electrons. The average Bonchev–Trinajstić information content (AvgIpc) is 2.35. The number of benzene rings is 1. The summed E-state index contributed by atoms with van der Waals surface area (Å²) in [5.74, 6) is -1.50. The van der Waals surface area contributed by atoms with E-state index in [2.05, 4.69) is 10.1 Å². The number of methoxy groups -OCH3 is 1. The van der Waals surface area contributed by atoms with Crippen LogP contribution in [-0.2, 0) is 14.3 Å². The van der Waals surface area contributed by atoms with Crippen molar-refractivity contribution >= 4 is 11.9 Å². The number of nitrogens with one attached hydrogen (secondary N) is 1. The Bertz CT molecular complexity index is 430. The molecule has 98 valence electrons. The zero-order chi connectivity index (χ0) is 13.7. The van der Waals surface area contributed by atoms with Gasteiger partial charge in [0.15, 0.2) is 0 Å². The molecule has 0 saturated heterocycles. The van der Waals surface area contributed by atoms with Crippen LogP contribution < -0.4 is 5.32 Å². The van der Waals surface area contributed by atoms with Gasteiger partial charge in [0, 0.05) is 12.8 Å². The van der Waals surface area contributed by atoms with Gasteiger partial charge in [-0.2, -0.15) is 0 Å². The summed E-state index contributed by atoms with van der Waals surface area (Å²) in [5.41, 5.74) is 0.751. The van der Waals surface area contributed by atoms with Gasteiger partial charge in [0.1, 0.15) is 11.9 Å². The van der Waals surface area contributed by atoms with Crippen LogP contribution in [0.15, 0.2) is 24.3 Å². The molecule has 1 aromatic rings. The van der Waals surface area contributed by atoms with Crippen LogP contribution in [0, 0.1) is 5.82 Å². The van der Waals surface area contributed by atoms with Crippen molar-refractivity contribution in [2.75, 3.05) is 7.11 Å². The highest BCUT2D eigenvalue weighted by molar-refractivity contribution is 5.84. The third-order valence-electron chi connectivity index (χ3n) is 2.71. The normalized spacial score (nSPS) is 13.6. The number of esters is 1. The molecule has 1 amide bonds. The van der Waals surface area contributed by atoms with E-state index in [0.717, 1.165) is 5.56 Å². The van der Waals surface area contributed by atoms with E-state index < -0.39 is 12.0 Å². The molecule has 0 saturated carbocycles. The standard InChI is InChI=1S/C13H16FNO3/c1-8(10-4-6-11(14)7-5-10)12(13(17)18-3)15-9(2)16/h4-8,12H,1-3H3,(H,15,16)/t8-,12+/m1/s1. The van der Waals surface area contributed by atoms with E-state index in [4.69, 9.17) is 0 Å². The van der Waals surface area contributed by atoms with Crippen molar-refractivity contribution < 1.29 is 18.7 Å². The molecule has 1 rings (SSSR count). The summed E-state index contributed by atoms with van der Waals surface area (Å²) in [6, 6.07) is 5.01. The number of amides is 1. The Kier molecular flexibility index (Phi) is 4.83. The average molecular weight is 253 g/mol. The van der Waals surface area contributed by atoms with Crippen LogP contribution in [0.4, 0.5) is 4.39 Å². The van der Waals surface area contributed by atoms with Gasteiger partial charge in [-0.15, -0.1) is 0 Å². The second kappa shape index (κ2) is 6.14. The van der Waals surface area contributed by atoms with Gasteiger partial charge in [-0.1, -0.05) is 19.1 Å². The van der Waals surface area contributed by atoms with E-state index in [1.165, 1.54) is 26.2 Å². The molecule has 0 aromatic heterocycles. The van der Waals surface area contributed by atoms with Gasteiger partial charge in [0.2, 0.25) is 5.91 Å². The zero-order valence-electron chi connectivity index (χ0n) is 10.6. The molecule has 0 bridgehead atoms. The van der Waals surface area contributed by atoms with E-state index in [-0.39, 0.29) is 17.6 Å². The second-order valence-corrected chi connectivity index (χ2v) is 4.04. The SMILES string of the molecule is COC(=O)[C@@H](NC(C)=O)[C@H](C)c1ccc(F)cc1. The molecule has 0 aliphatic rings. The van der Waals surface area contributed by atoms with Crippen molar-refractivity contribution in [2.24, 2.45) is 0 Å². The summed E-state index contributed by atoms with van der Waals surface area (Å²) in [6.07, 6.45) is 0. The fraction of sp³-hybridized carbons (Fsp3) is 0.385. The number of hydrogen-bond acceptors (Lipinski definition) is 3. The number of carbonyl (C=O) groups is 2. The lowest BCUT2D eigenvalue weighted by molar-refractivity contribution is -0.145. The number of rotatable bonds is 4. The third kappa shape index (κ3) is 3.55. The molecule has 4 nitrogen and oxygen atoms in total. The number of halogens is 1. The number of ether oxygens (including phenoxy) is 1. The lowest BCUT2D eigenvalue weighted by atomic mass is 9.93. The Morgan fingerprint density at radius 1 is 1.28 bits per heavy atom. The number of hydrogen-bond donors (Lipinski definition) is 1. The van der Waals surface area contributed by atoms with Gasteiger partial charge in [-0.05, 0) is 17.7 Å². The Hall–Kier alpha value is -1.91. The molecule has 0 unspecified atom stereocenters. The minimum atomic E-state index is -0.780. The molecule has 1 N–H and O–H groups in total. The fourth-order valence-corrected chi connectivity index (χ4v) is 1.69. The molecule has 0 spiro atoms. The van der Waals surface area contributed by atoms with Crippen molar-refractivity contribution in [3.05, 3.63) is 35.6 Å².